The first kappa shape index (κ1) is 24.5. The van der Waals surface area contributed by atoms with Crippen molar-refractivity contribution in [1.82, 2.24) is 0 Å². The summed E-state index contributed by atoms with van der Waals surface area (Å²) < 4.78 is 10.8. The number of rotatable bonds is 7. The second kappa shape index (κ2) is 10.2. The van der Waals surface area contributed by atoms with E-state index >= 15 is 0 Å². The Morgan fingerprint density at radius 2 is 1.67 bits per heavy atom. The summed E-state index contributed by atoms with van der Waals surface area (Å²) in [6, 6.07) is 8.34. The molecule has 2 aromatic rings. The number of aliphatic hydroxyl groups excluding tert-OH is 3. The third-order valence-electron chi connectivity index (χ3n) is 5.46. The van der Waals surface area contributed by atoms with Crippen LogP contribution in [0.25, 0.3) is 0 Å². The predicted octanol–water partition coefficient (Wildman–Crippen LogP) is 0.705. The minimum atomic E-state index is -1.67. The maximum Gasteiger partial charge on any atom is 0.303 e. The largest absolute Gasteiger partial charge is 0.508 e. The molecule has 1 saturated heterocycles. The van der Waals surface area contributed by atoms with E-state index in [2.05, 4.69) is 0 Å². The van der Waals surface area contributed by atoms with Crippen molar-refractivity contribution >= 4 is 11.8 Å². The average Bonchev–Trinajstić information content (AvgIpc) is 2.76. The summed E-state index contributed by atoms with van der Waals surface area (Å²) in [6.45, 7) is 0.397. The van der Waals surface area contributed by atoms with Gasteiger partial charge in [-0.05, 0) is 30.2 Å². The molecular weight excluding hydrogens is 436 g/mol. The first-order valence-electron chi connectivity index (χ1n) is 10.3. The summed E-state index contributed by atoms with van der Waals surface area (Å²) >= 11 is 0. The fourth-order valence-corrected chi connectivity index (χ4v) is 3.87. The molecule has 0 spiro atoms. The summed E-state index contributed by atoms with van der Waals surface area (Å²) in [6.07, 6.45) is -7.18. The van der Waals surface area contributed by atoms with Crippen LogP contribution in [0, 0.1) is 0 Å². The van der Waals surface area contributed by atoms with Gasteiger partial charge >= 0.3 is 5.97 Å². The molecule has 0 saturated carbocycles. The number of ether oxygens (including phenoxy) is 2. The van der Waals surface area contributed by atoms with E-state index in [1.54, 1.807) is 12.1 Å². The van der Waals surface area contributed by atoms with Crippen molar-refractivity contribution in [3.8, 4) is 17.2 Å². The molecule has 0 aliphatic carbocycles. The van der Waals surface area contributed by atoms with E-state index in [1.165, 1.54) is 12.1 Å². The number of carbonyl (C=O) groups is 2. The van der Waals surface area contributed by atoms with Crippen LogP contribution in [0.5, 0.6) is 17.2 Å². The van der Waals surface area contributed by atoms with Crippen molar-refractivity contribution in [2.75, 3.05) is 6.61 Å². The van der Waals surface area contributed by atoms with Crippen molar-refractivity contribution in [1.29, 1.82) is 0 Å². The molecule has 1 heterocycles. The van der Waals surface area contributed by atoms with Crippen molar-refractivity contribution < 1.29 is 49.7 Å². The number of esters is 1. The summed E-state index contributed by atoms with van der Waals surface area (Å²) in [7, 11) is 0. The molecule has 6 N–H and O–H groups in total. The summed E-state index contributed by atoms with van der Waals surface area (Å²) in [5.41, 5.74) is 0.472. The van der Waals surface area contributed by atoms with E-state index < -0.39 is 60.4 Å². The Hall–Kier alpha value is -3.18. The van der Waals surface area contributed by atoms with Crippen molar-refractivity contribution in [3.05, 3.63) is 53.1 Å². The monoisotopic (exact) mass is 462 g/mol. The number of phenolic OH excluding ortho intramolecular Hbond substituents is 3. The number of benzene rings is 2. The number of carbonyl (C=O) groups excluding carboxylic acids is 2. The van der Waals surface area contributed by atoms with Gasteiger partial charge in [0.1, 0.15) is 41.7 Å². The van der Waals surface area contributed by atoms with E-state index in [4.69, 9.17) is 9.47 Å². The second-order valence-electron chi connectivity index (χ2n) is 7.85. The van der Waals surface area contributed by atoms with Gasteiger partial charge in [0.25, 0.3) is 0 Å². The van der Waals surface area contributed by atoms with E-state index in [0.29, 0.717) is 0 Å². The zero-order chi connectivity index (χ0) is 24.3. The maximum atomic E-state index is 13.1. The quantitative estimate of drug-likeness (QED) is 0.254. The van der Waals surface area contributed by atoms with E-state index in [9.17, 15) is 40.2 Å². The number of aliphatic hydroxyl groups is 3. The number of hydrogen-bond acceptors (Lipinski definition) is 10. The predicted molar refractivity (Wildman–Crippen MR) is 113 cm³/mol. The van der Waals surface area contributed by atoms with Gasteiger partial charge in [-0.1, -0.05) is 12.1 Å². The van der Waals surface area contributed by atoms with Crippen LogP contribution in [0.1, 0.15) is 40.9 Å². The van der Waals surface area contributed by atoms with Crippen LogP contribution in [0.15, 0.2) is 36.4 Å². The molecule has 1 aliphatic heterocycles. The van der Waals surface area contributed by atoms with Gasteiger partial charge in [-0.2, -0.15) is 0 Å². The molecule has 0 radical (unpaired) electrons. The Balaban J connectivity index is 1.98. The third kappa shape index (κ3) is 5.42. The van der Waals surface area contributed by atoms with Crippen LogP contribution in [0.3, 0.4) is 0 Å². The highest BCUT2D eigenvalue weighted by Crippen LogP contribution is 2.40. The molecule has 178 valence electrons. The zero-order valence-electron chi connectivity index (χ0n) is 17.8. The van der Waals surface area contributed by atoms with Crippen LogP contribution >= 0.6 is 0 Å². The first-order valence-corrected chi connectivity index (χ1v) is 10.3. The van der Waals surface area contributed by atoms with E-state index in [-0.39, 0.29) is 29.7 Å². The molecule has 33 heavy (non-hydrogen) atoms. The minimum absolute atomic E-state index is 0.0599. The number of Topliss-reactive ketones (excluding diaryl/α,β-unsaturated/α-hetero) is 1. The van der Waals surface area contributed by atoms with Crippen molar-refractivity contribution in [2.45, 2.75) is 50.3 Å². The zero-order valence-corrected chi connectivity index (χ0v) is 17.8. The highest BCUT2D eigenvalue weighted by Gasteiger charge is 2.48. The third-order valence-corrected chi connectivity index (χ3v) is 5.46. The molecule has 0 unspecified atom stereocenters. The molecular formula is C23H26O10. The lowest BCUT2D eigenvalue weighted by atomic mass is 9.86. The van der Waals surface area contributed by atoms with Gasteiger partial charge in [0, 0.05) is 25.0 Å². The first-order chi connectivity index (χ1) is 15.6. The molecule has 1 aliphatic rings. The van der Waals surface area contributed by atoms with Crippen LogP contribution in [-0.4, -0.2) is 73.4 Å². The summed E-state index contributed by atoms with van der Waals surface area (Å²) in [4.78, 5) is 24.7. The van der Waals surface area contributed by atoms with Crippen LogP contribution < -0.4 is 0 Å². The van der Waals surface area contributed by atoms with Gasteiger partial charge in [0.2, 0.25) is 0 Å². The van der Waals surface area contributed by atoms with Gasteiger partial charge in [-0.3, -0.25) is 9.59 Å². The molecule has 0 aromatic heterocycles. The number of phenols is 3. The van der Waals surface area contributed by atoms with Gasteiger partial charge in [-0.15, -0.1) is 0 Å². The van der Waals surface area contributed by atoms with Crippen LogP contribution in [0.4, 0.5) is 0 Å². The molecule has 10 nitrogen and oxygen atoms in total. The molecule has 0 amide bonds. The number of aromatic hydroxyl groups is 3. The Morgan fingerprint density at radius 1 is 1.00 bits per heavy atom. The van der Waals surface area contributed by atoms with Crippen LogP contribution in [-0.2, 0) is 20.7 Å². The summed E-state index contributed by atoms with van der Waals surface area (Å²) in [5, 5.41) is 60.2. The lowest BCUT2D eigenvalue weighted by Gasteiger charge is -2.42. The highest BCUT2D eigenvalue weighted by molar-refractivity contribution is 6.00. The summed E-state index contributed by atoms with van der Waals surface area (Å²) in [5.74, 6) is -2.21. The Bertz CT molecular complexity index is 1000. The molecule has 1 fully saturated rings. The Labute approximate surface area is 189 Å². The van der Waals surface area contributed by atoms with Crippen molar-refractivity contribution in [2.24, 2.45) is 0 Å². The normalized spacial score (nSPS) is 24.9. The lowest BCUT2D eigenvalue weighted by Crippen LogP contribution is -2.56. The standard InChI is InChI=1S/C23H26O10/c1-11(25)32-23-21(31)20(30)18(10-24)33-22(23)15-8-14(27)9-17(29)19(15)16(28)7-4-12-2-5-13(26)6-3-12/h2-3,5-6,8-9,18,20-24,26-27,29-31H,4,7,10H2,1H3/t18-,20-,21+,22+,23-/m1/s1. The van der Waals surface area contributed by atoms with Gasteiger partial charge < -0.3 is 40.1 Å². The molecule has 10 heteroatoms. The molecule has 0 bridgehead atoms. The smallest absolute Gasteiger partial charge is 0.303 e. The fraction of sp³-hybridized carbons (Fsp3) is 0.391. The topological polar surface area (TPSA) is 174 Å². The van der Waals surface area contributed by atoms with Gasteiger partial charge in [0.05, 0.1) is 12.2 Å². The van der Waals surface area contributed by atoms with E-state index in [1.807, 2.05) is 0 Å². The van der Waals surface area contributed by atoms with Gasteiger partial charge in [-0.25, -0.2) is 0 Å². The Morgan fingerprint density at radius 3 is 2.27 bits per heavy atom. The number of hydrogen-bond donors (Lipinski definition) is 6. The maximum absolute atomic E-state index is 13.1. The fourth-order valence-electron chi connectivity index (χ4n) is 3.87. The molecule has 3 rings (SSSR count). The molecule has 2 aromatic carbocycles. The van der Waals surface area contributed by atoms with Crippen molar-refractivity contribution in [3.63, 3.8) is 0 Å². The average molecular weight is 462 g/mol. The van der Waals surface area contributed by atoms with Gasteiger partial charge in [0.15, 0.2) is 11.9 Å². The van der Waals surface area contributed by atoms with Crippen LogP contribution in [0.2, 0.25) is 0 Å². The lowest BCUT2D eigenvalue weighted by molar-refractivity contribution is -0.240. The second-order valence-corrected chi connectivity index (χ2v) is 7.85. The SMILES string of the molecule is CC(=O)O[C@@H]1[C@@H](O)[C@H](O)[C@@H](CO)O[C@H]1c1cc(O)cc(O)c1C(=O)CCc1ccc(O)cc1. The van der Waals surface area contributed by atoms with E-state index in [0.717, 1.165) is 24.6 Å². The minimum Gasteiger partial charge on any atom is -0.508 e. The number of aryl methyl sites for hydroxylation is 1. The number of ketones is 1. The highest BCUT2D eigenvalue weighted by atomic mass is 16.6. The molecule has 5 atom stereocenters. The Kier molecular flexibility index (Phi) is 7.54.